The van der Waals surface area contributed by atoms with Crippen LogP contribution in [0.2, 0.25) is 0 Å². The summed E-state index contributed by atoms with van der Waals surface area (Å²) in [5.74, 6) is 0.0713. The molecule has 3 aromatic carbocycles. The molecule has 160 valence electrons. The van der Waals surface area contributed by atoms with Gasteiger partial charge in [0.1, 0.15) is 5.75 Å². The van der Waals surface area contributed by atoms with E-state index in [4.69, 9.17) is 4.74 Å². The van der Waals surface area contributed by atoms with Crippen LogP contribution in [0.3, 0.4) is 0 Å². The number of hydrogen-bond donors (Lipinski definition) is 2. The van der Waals surface area contributed by atoms with Crippen LogP contribution in [-0.2, 0) is 4.79 Å². The summed E-state index contributed by atoms with van der Waals surface area (Å²) < 4.78 is 6.71. The van der Waals surface area contributed by atoms with E-state index in [9.17, 15) is 9.59 Å². The van der Waals surface area contributed by atoms with Gasteiger partial charge in [0, 0.05) is 10.0 Å². The molecule has 0 saturated heterocycles. The van der Waals surface area contributed by atoms with Crippen molar-refractivity contribution >= 4 is 27.7 Å². The third-order valence-electron chi connectivity index (χ3n) is 4.84. The summed E-state index contributed by atoms with van der Waals surface area (Å²) in [4.78, 5) is 24.5. The molecule has 3 rings (SSSR count). The number of halogens is 1. The molecule has 2 amide bonds. The van der Waals surface area contributed by atoms with E-state index in [0.717, 1.165) is 26.7 Å². The monoisotopic (exact) mass is 480 g/mol. The molecule has 0 aromatic heterocycles. The Morgan fingerprint density at radius 2 is 1.58 bits per heavy atom. The molecule has 0 aliphatic heterocycles. The molecule has 3 aromatic rings. The van der Waals surface area contributed by atoms with Gasteiger partial charge in [0.15, 0.2) is 6.61 Å². The normalized spacial score (nSPS) is 10.6. The van der Waals surface area contributed by atoms with E-state index in [0.29, 0.717) is 11.3 Å². The van der Waals surface area contributed by atoms with Crippen molar-refractivity contribution in [3.8, 4) is 16.9 Å². The summed E-state index contributed by atoms with van der Waals surface area (Å²) in [5, 5.41) is 0. The number of rotatable bonds is 6. The van der Waals surface area contributed by atoms with E-state index in [1.54, 1.807) is 12.1 Å². The van der Waals surface area contributed by atoms with Crippen LogP contribution in [0.5, 0.6) is 5.75 Å². The Morgan fingerprint density at radius 1 is 0.935 bits per heavy atom. The molecule has 0 atom stereocenters. The largest absolute Gasteiger partial charge is 0.483 e. The molecule has 0 aliphatic carbocycles. The van der Waals surface area contributed by atoms with Gasteiger partial charge >= 0.3 is 0 Å². The van der Waals surface area contributed by atoms with Crippen LogP contribution in [0.1, 0.15) is 41.3 Å². The molecular formula is C25H25BrN2O3. The molecule has 0 aliphatic rings. The maximum absolute atomic E-state index is 12.3. The Kier molecular flexibility index (Phi) is 7.47. The Balaban J connectivity index is 1.54. The number of amides is 2. The molecular weight excluding hydrogens is 456 g/mol. The van der Waals surface area contributed by atoms with Crippen molar-refractivity contribution in [2.24, 2.45) is 0 Å². The average molecular weight is 481 g/mol. The summed E-state index contributed by atoms with van der Waals surface area (Å²) in [6, 6.07) is 21.0. The van der Waals surface area contributed by atoms with Crippen LogP contribution in [0.25, 0.3) is 11.1 Å². The SMILES string of the molecule is Cc1cc(OCC(=O)NNC(=O)c2ccc(-c3ccccc3)cc2)c(C(C)C)cc1Br. The van der Waals surface area contributed by atoms with E-state index >= 15 is 0 Å². The predicted octanol–water partition coefficient (Wildman–Crippen LogP) is 5.39. The topological polar surface area (TPSA) is 67.4 Å². The first-order chi connectivity index (χ1) is 14.8. The van der Waals surface area contributed by atoms with E-state index in [2.05, 4.69) is 40.6 Å². The summed E-state index contributed by atoms with van der Waals surface area (Å²) in [6.07, 6.45) is 0. The predicted molar refractivity (Wildman–Crippen MR) is 126 cm³/mol. The van der Waals surface area contributed by atoms with E-state index in [1.807, 2.05) is 61.5 Å². The lowest BCUT2D eigenvalue weighted by atomic mass is 10.0. The Morgan fingerprint density at radius 3 is 2.23 bits per heavy atom. The highest BCUT2D eigenvalue weighted by molar-refractivity contribution is 9.10. The quantitative estimate of drug-likeness (QED) is 0.464. The third-order valence-corrected chi connectivity index (χ3v) is 5.70. The second kappa shape index (κ2) is 10.3. The molecule has 0 unspecified atom stereocenters. The van der Waals surface area contributed by atoms with Gasteiger partial charge in [0.2, 0.25) is 0 Å². The zero-order valence-corrected chi connectivity index (χ0v) is 19.3. The van der Waals surface area contributed by atoms with Crippen molar-refractivity contribution < 1.29 is 14.3 Å². The average Bonchev–Trinajstić information content (AvgIpc) is 2.78. The fourth-order valence-corrected chi connectivity index (χ4v) is 3.43. The Hall–Kier alpha value is -3.12. The van der Waals surface area contributed by atoms with Crippen LogP contribution in [0, 0.1) is 6.92 Å². The van der Waals surface area contributed by atoms with Gasteiger partial charge in [-0.05, 0) is 59.4 Å². The van der Waals surface area contributed by atoms with Crippen LogP contribution in [-0.4, -0.2) is 18.4 Å². The summed E-state index contributed by atoms with van der Waals surface area (Å²) in [6.45, 7) is 5.89. The van der Waals surface area contributed by atoms with Gasteiger partial charge in [0.25, 0.3) is 11.8 Å². The maximum Gasteiger partial charge on any atom is 0.276 e. The van der Waals surface area contributed by atoms with Crippen molar-refractivity contribution in [3.05, 3.63) is 87.9 Å². The van der Waals surface area contributed by atoms with Gasteiger partial charge in [-0.25, -0.2) is 0 Å². The molecule has 0 bridgehead atoms. The molecule has 0 radical (unpaired) electrons. The number of aryl methyl sites for hydroxylation is 1. The lowest BCUT2D eigenvalue weighted by Gasteiger charge is -2.16. The first kappa shape index (κ1) is 22.6. The molecule has 2 N–H and O–H groups in total. The number of carbonyl (C=O) groups excluding carboxylic acids is 2. The van der Waals surface area contributed by atoms with Crippen molar-refractivity contribution in [2.75, 3.05) is 6.61 Å². The zero-order chi connectivity index (χ0) is 22.4. The third kappa shape index (κ3) is 5.95. The smallest absolute Gasteiger partial charge is 0.276 e. The number of hydrazine groups is 1. The molecule has 0 saturated carbocycles. The van der Waals surface area contributed by atoms with E-state index < -0.39 is 11.8 Å². The first-order valence-corrected chi connectivity index (χ1v) is 10.8. The molecule has 0 fully saturated rings. The van der Waals surface area contributed by atoms with Crippen molar-refractivity contribution in [1.82, 2.24) is 10.9 Å². The summed E-state index contributed by atoms with van der Waals surface area (Å²) >= 11 is 3.53. The van der Waals surface area contributed by atoms with Crippen LogP contribution in [0.4, 0.5) is 0 Å². The van der Waals surface area contributed by atoms with Gasteiger partial charge in [-0.2, -0.15) is 0 Å². The number of benzene rings is 3. The molecule has 0 spiro atoms. The summed E-state index contributed by atoms with van der Waals surface area (Å²) in [5.41, 5.74) is 9.39. The highest BCUT2D eigenvalue weighted by Crippen LogP contribution is 2.32. The van der Waals surface area contributed by atoms with Crippen molar-refractivity contribution in [3.63, 3.8) is 0 Å². The van der Waals surface area contributed by atoms with Gasteiger partial charge in [-0.3, -0.25) is 20.4 Å². The first-order valence-electron chi connectivity index (χ1n) is 10.0. The van der Waals surface area contributed by atoms with Crippen LogP contribution >= 0.6 is 15.9 Å². The molecule has 5 nitrogen and oxygen atoms in total. The maximum atomic E-state index is 12.3. The second-order valence-corrected chi connectivity index (χ2v) is 8.38. The van der Waals surface area contributed by atoms with E-state index in [-0.39, 0.29) is 12.5 Å². The van der Waals surface area contributed by atoms with Crippen molar-refractivity contribution in [1.29, 1.82) is 0 Å². The minimum absolute atomic E-state index is 0.200. The second-order valence-electron chi connectivity index (χ2n) is 7.53. The summed E-state index contributed by atoms with van der Waals surface area (Å²) in [7, 11) is 0. The number of carbonyl (C=O) groups is 2. The van der Waals surface area contributed by atoms with Gasteiger partial charge in [-0.15, -0.1) is 0 Å². The van der Waals surface area contributed by atoms with Gasteiger partial charge in [0.05, 0.1) is 0 Å². The van der Waals surface area contributed by atoms with E-state index in [1.165, 1.54) is 0 Å². The lowest BCUT2D eigenvalue weighted by molar-refractivity contribution is -0.123. The minimum Gasteiger partial charge on any atom is -0.483 e. The number of hydrogen-bond acceptors (Lipinski definition) is 3. The van der Waals surface area contributed by atoms with Crippen LogP contribution < -0.4 is 15.6 Å². The fraction of sp³-hybridized carbons (Fsp3) is 0.200. The highest BCUT2D eigenvalue weighted by Gasteiger charge is 2.13. The fourth-order valence-electron chi connectivity index (χ4n) is 3.07. The highest BCUT2D eigenvalue weighted by atomic mass is 79.9. The van der Waals surface area contributed by atoms with Crippen molar-refractivity contribution in [2.45, 2.75) is 26.7 Å². The van der Waals surface area contributed by atoms with Crippen LogP contribution in [0.15, 0.2) is 71.2 Å². The lowest BCUT2D eigenvalue weighted by Crippen LogP contribution is -2.43. The molecule has 6 heteroatoms. The van der Waals surface area contributed by atoms with Gasteiger partial charge < -0.3 is 4.74 Å². The Bertz CT molecular complexity index is 1060. The minimum atomic E-state index is -0.440. The molecule has 0 heterocycles. The number of nitrogens with one attached hydrogen (secondary N) is 2. The Labute approximate surface area is 190 Å². The van der Waals surface area contributed by atoms with Gasteiger partial charge in [-0.1, -0.05) is 72.2 Å². The standard InChI is InChI=1S/C25H25BrN2O3/c1-16(2)21-14-22(26)17(3)13-23(21)31-15-24(29)27-28-25(30)20-11-9-19(10-12-20)18-7-5-4-6-8-18/h4-14,16H,15H2,1-3H3,(H,27,29)(H,28,30). The molecule has 31 heavy (non-hydrogen) atoms. The zero-order valence-electron chi connectivity index (χ0n) is 17.7. The number of ether oxygens (including phenoxy) is 1.